The van der Waals surface area contributed by atoms with E-state index < -0.39 is 0 Å². The van der Waals surface area contributed by atoms with Crippen molar-refractivity contribution in [1.82, 2.24) is 15.2 Å². The maximum atomic E-state index is 5.68. The molecule has 3 aromatic rings. The van der Waals surface area contributed by atoms with Crippen molar-refractivity contribution in [3.8, 4) is 17.2 Å². The van der Waals surface area contributed by atoms with Gasteiger partial charge in [-0.25, -0.2) is 0 Å². The molecule has 0 fully saturated rings. The van der Waals surface area contributed by atoms with Crippen LogP contribution in [-0.2, 0) is 0 Å². The number of nitrogens with zero attached hydrogens (tertiary/aromatic N) is 3. The molecule has 0 bridgehead atoms. The lowest BCUT2D eigenvalue weighted by atomic mass is 10.3. The average Bonchev–Trinajstić information content (AvgIpc) is 3.21. The third-order valence-corrected chi connectivity index (χ3v) is 3.44. The van der Waals surface area contributed by atoms with Crippen LogP contribution in [-0.4, -0.2) is 35.2 Å². The lowest BCUT2D eigenvalue weighted by Crippen LogP contribution is -2.16. The van der Waals surface area contributed by atoms with Crippen molar-refractivity contribution in [2.45, 2.75) is 6.42 Å². The van der Waals surface area contributed by atoms with E-state index in [1.807, 2.05) is 42.5 Å². The fraction of sp³-hybridized carbons (Fsp3) is 0.250. The van der Waals surface area contributed by atoms with Gasteiger partial charge in [-0.15, -0.1) is 5.10 Å². The number of aromatic nitrogens is 3. The maximum absolute atomic E-state index is 5.68. The van der Waals surface area contributed by atoms with Gasteiger partial charge >= 0.3 is 0 Å². The van der Waals surface area contributed by atoms with Gasteiger partial charge in [-0.1, -0.05) is 17.0 Å². The molecule has 118 valence electrons. The van der Waals surface area contributed by atoms with Crippen LogP contribution in [0.4, 0.5) is 0 Å². The second-order valence-corrected chi connectivity index (χ2v) is 5.00. The Labute approximate surface area is 132 Å². The van der Waals surface area contributed by atoms with Crippen molar-refractivity contribution in [3.63, 3.8) is 0 Å². The van der Waals surface area contributed by atoms with E-state index in [-0.39, 0.29) is 6.79 Å². The molecule has 1 aromatic heterocycles. The smallest absolute Gasteiger partial charge is 0.231 e. The normalized spacial score (nSPS) is 12.5. The van der Waals surface area contributed by atoms with E-state index in [2.05, 4.69) is 10.3 Å². The molecule has 0 spiro atoms. The van der Waals surface area contributed by atoms with Crippen LogP contribution in [0.2, 0.25) is 0 Å². The largest absolute Gasteiger partial charge is 0.493 e. The molecule has 1 aliphatic rings. The molecule has 0 atom stereocenters. The average molecular weight is 313 g/mol. The Hall–Kier alpha value is -2.96. The standard InChI is InChI=1S/C16H15N3O4/c1-2-5-14-13(4-1)17-18-19(14)23-9-3-8-20-12-6-7-15-16(10-12)22-11-21-15/h1-2,4-7,10H,3,8-9,11H2. The number of benzene rings is 2. The summed E-state index contributed by atoms with van der Waals surface area (Å²) < 4.78 is 16.2. The molecule has 4 rings (SSSR count). The molecule has 0 amide bonds. The first-order valence-electron chi connectivity index (χ1n) is 7.36. The SMILES string of the molecule is c1ccc2c(c1)nnn2OCCCOc1ccc2c(c1)OCO2. The number of para-hydroxylation sites is 1. The van der Waals surface area contributed by atoms with Crippen molar-refractivity contribution in [2.75, 3.05) is 20.0 Å². The van der Waals surface area contributed by atoms with Crippen LogP contribution >= 0.6 is 0 Å². The number of hydrogen-bond acceptors (Lipinski definition) is 6. The van der Waals surface area contributed by atoms with Crippen molar-refractivity contribution in [1.29, 1.82) is 0 Å². The Morgan fingerprint density at radius 3 is 2.96 bits per heavy atom. The zero-order valence-electron chi connectivity index (χ0n) is 12.3. The van der Waals surface area contributed by atoms with Gasteiger partial charge in [-0.3, -0.25) is 0 Å². The highest BCUT2D eigenvalue weighted by Crippen LogP contribution is 2.35. The Morgan fingerprint density at radius 2 is 1.96 bits per heavy atom. The van der Waals surface area contributed by atoms with Crippen LogP contribution in [0.1, 0.15) is 6.42 Å². The molecule has 7 nitrogen and oxygen atoms in total. The fourth-order valence-electron chi connectivity index (χ4n) is 2.31. The van der Waals surface area contributed by atoms with E-state index in [0.29, 0.717) is 19.0 Å². The van der Waals surface area contributed by atoms with Crippen LogP contribution in [0.3, 0.4) is 0 Å². The van der Waals surface area contributed by atoms with Gasteiger partial charge in [0.1, 0.15) is 23.4 Å². The zero-order chi connectivity index (χ0) is 15.5. The molecule has 0 unspecified atom stereocenters. The zero-order valence-corrected chi connectivity index (χ0v) is 12.3. The van der Waals surface area contributed by atoms with Crippen molar-refractivity contribution >= 4 is 11.0 Å². The molecule has 0 saturated heterocycles. The van der Waals surface area contributed by atoms with Crippen LogP contribution in [0.25, 0.3) is 11.0 Å². The first-order chi connectivity index (χ1) is 11.4. The summed E-state index contributed by atoms with van der Waals surface area (Å²) in [4.78, 5) is 7.03. The molecular formula is C16H15N3O4. The summed E-state index contributed by atoms with van der Waals surface area (Å²) in [5.41, 5.74) is 1.66. The van der Waals surface area contributed by atoms with Crippen molar-refractivity contribution < 1.29 is 19.0 Å². The molecule has 2 heterocycles. The summed E-state index contributed by atoms with van der Waals surface area (Å²) in [6.07, 6.45) is 0.725. The van der Waals surface area contributed by atoms with E-state index in [1.165, 1.54) is 4.85 Å². The van der Waals surface area contributed by atoms with E-state index in [1.54, 1.807) is 0 Å². The summed E-state index contributed by atoms with van der Waals surface area (Å²) in [5.74, 6) is 2.21. The summed E-state index contributed by atoms with van der Waals surface area (Å²) >= 11 is 0. The van der Waals surface area contributed by atoms with E-state index >= 15 is 0 Å². The van der Waals surface area contributed by atoms with Crippen LogP contribution in [0.15, 0.2) is 42.5 Å². The van der Waals surface area contributed by atoms with Gasteiger partial charge in [0.2, 0.25) is 6.79 Å². The van der Waals surface area contributed by atoms with Gasteiger partial charge < -0.3 is 19.0 Å². The number of rotatable bonds is 6. The molecule has 0 N–H and O–H groups in total. The topological polar surface area (TPSA) is 67.6 Å². The monoisotopic (exact) mass is 313 g/mol. The first kappa shape index (κ1) is 13.7. The van der Waals surface area contributed by atoms with E-state index in [0.717, 1.165) is 29.0 Å². The number of ether oxygens (including phenoxy) is 3. The molecule has 0 aliphatic carbocycles. The summed E-state index contributed by atoms with van der Waals surface area (Å²) in [7, 11) is 0. The number of fused-ring (bicyclic) bond motifs is 2. The van der Waals surface area contributed by atoms with Gasteiger partial charge in [-0.2, -0.15) is 0 Å². The molecule has 1 aliphatic heterocycles. The molecule has 7 heteroatoms. The minimum atomic E-state index is 0.262. The quantitative estimate of drug-likeness (QED) is 0.649. The van der Waals surface area contributed by atoms with Gasteiger partial charge in [0.05, 0.1) is 6.61 Å². The van der Waals surface area contributed by atoms with Gasteiger partial charge in [0.25, 0.3) is 0 Å². The lowest BCUT2D eigenvalue weighted by molar-refractivity contribution is 0.0779. The van der Waals surface area contributed by atoms with E-state index in [9.17, 15) is 0 Å². The predicted molar refractivity (Wildman–Crippen MR) is 81.7 cm³/mol. The molecule has 0 saturated carbocycles. The highest BCUT2D eigenvalue weighted by molar-refractivity contribution is 5.73. The third kappa shape index (κ3) is 2.85. The first-order valence-corrected chi connectivity index (χ1v) is 7.36. The Balaban J connectivity index is 1.26. The second kappa shape index (κ2) is 6.04. The van der Waals surface area contributed by atoms with Crippen molar-refractivity contribution in [2.24, 2.45) is 0 Å². The predicted octanol–water partition coefficient (Wildman–Crippen LogP) is 2.06. The molecule has 23 heavy (non-hydrogen) atoms. The Kier molecular flexibility index (Phi) is 3.59. The summed E-state index contributed by atoms with van der Waals surface area (Å²) in [6.45, 7) is 1.28. The van der Waals surface area contributed by atoms with E-state index in [4.69, 9.17) is 19.0 Å². The van der Waals surface area contributed by atoms with Gasteiger partial charge in [0, 0.05) is 12.5 Å². The summed E-state index contributed by atoms with van der Waals surface area (Å²) in [6, 6.07) is 13.2. The third-order valence-electron chi connectivity index (χ3n) is 3.44. The summed E-state index contributed by atoms with van der Waals surface area (Å²) in [5, 5.41) is 7.99. The Bertz CT molecular complexity index is 818. The minimum absolute atomic E-state index is 0.262. The van der Waals surface area contributed by atoms with Crippen LogP contribution in [0, 0.1) is 0 Å². The van der Waals surface area contributed by atoms with Gasteiger partial charge in [0.15, 0.2) is 11.5 Å². The van der Waals surface area contributed by atoms with Crippen LogP contribution < -0.4 is 19.0 Å². The molecule has 0 radical (unpaired) electrons. The molecular weight excluding hydrogens is 298 g/mol. The van der Waals surface area contributed by atoms with Crippen molar-refractivity contribution in [3.05, 3.63) is 42.5 Å². The molecule has 2 aromatic carbocycles. The second-order valence-electron chi connectivity index (χ2n) is 5.00. The lowest BCUT2D eigenvalue weighted by Gasteiger charge is -2.08. The van der Waals surface area contributed by atoms with Crippen LogP contribution in [0.5, 0.6) is 17.2 Å². The highest BCUT2D eigenvalue weighted by Gasteiger charge is 2.13. The highest BCUT2D eigenvalue weighted by atomic mass is 16.7. The van der Waals surface area contributed by atoms with Gasteiger partial charge in [-0.05, 0) is 29.5 Å². The minimum Gasteiger partial charge on any atom is -0.493 e. The maximum Gasteiger partial charge on any atom is 0.231 e. The Morgan fingerprint density at radius 1 is 1.04 bits per heavy atom. The number of hydrogen-bond donors (Lipinski definition) is 0. The fourth-order valence-corrected chi connectivity index (χ4v) is 2.31.